The van der Waals surface area contributed by atoms with E-state index in [-0.39, 0.29) is 29.7 Å². The van der Waals surface area contributed by atoms with Crippen molar-refractivity contribution in [2.75, 3.05) is 6.54 Å². The lowest BCUT2D eigenvalue weighted by Crippen LogP contribution is -2.30. The first-order valence-electron chi connectivity index (χ1n) is 8.83. The second kappa shape index (κ2) is 7.60. The zero-order valence-electron chi connectivity index (χ0n) is 14.5. The molecule has 0 N–H and O–H groups in total. The highest BCUT2D eigenvalue weighted by molar-refractivity contribution is 7.08. The molecule has 1 aromatic carbocycles. The largest absolute Gasteiger partial charge is 0.441 e. The van der Waals surface area contributed by atoms with E-state index < -0.39 is 11.6 Å². The van der Waals surface area contributed by atoms with Crippen molar-refractivity contribution >= 4 is 17.2 Å². The summed E-state index contributed by atoms with van der Waals surface area (Å²) in [6.07, 6.45) is 4.01. The van der Waals surface area contributed by atoms with Crippen LogP contribution >= 0.6 is 11.3 Å². The van der Waals surface area contributed by atoms with Crippen LogP contribution < -0.4 is 0 Å². The number of hydrogen-bond acceptors (Lipinski definition) is 4. The number of rotatable bonds is 5. The number of carbonyl (C=O) groups is 1. The van der Waals surface area contributed by atoms with E-state index in [1.165, 1.54) is 23.9 Å². The molecule has 27 heavy (non-hydrogen) atoms. The van der Waals surface area contributed by atoms with Gasteiger partial charge in [0.2, 0.25) is 5.91 Å². The number of amides is 1. The van der Waals surface area contributed by atoms with Gasteiger partial charge in [0.25, 0.3) is 0 Å². The number of benzene rings is 1. The first kappa shape index (κ1) is 17.9. The lowest BCUT2D eigenvalue weighted by Gasteiger charge is -2.24. The van der Waals surface area contributed by atoms with Gasteiger partial charge in [0.1, 0.15) is 11.6 Å². The minimum absolute atomic E-state index is 0.0661. The van der Waals surface area contributed by atoms with Crippen LogP contribution in [-0.4, -0.2) is 22.3 Å². The summed E-state index contributed by atoms with van der Waals surface area (Å²) in [4.78, 5) is 18.7. The normalized spacial score (nSPS) is 16.8. The summed E-state index contributed by atoms with van der Waals surface area (Å²) in [5.74, 6) is -0.686. The van der Waals surface area contributed by atoms with Gasteiger partial charge in [0.15, 0.2) is 11.7 Å². The highest BCUT2D eigenvalue weighted by atomic mass is 32.1. The maximum absolute atomic E-state index is 13.9. The number of aryl methyl sites for hydroxylation is 1. The summed E-state index contributed by atoms with van der Waals surface area (Å²) >= 11 is 1.64. The zero-order chi connectivity index (χ0) is 18.8. The van der Waals surface area contributed by atoms with Gasteiger partial charge in [0, 0.05) is 25.5 Å². The molecule has 4 rings (SSSR count). The fraction of sp³-hybridized carbons (Fsp3) is 0.300. The average Bonchev–Trinajstić information content (AvgIpc) is 3.39. The summed E-state index contributed by atoms with van der Waals surface area (Å²) in [7, 11) is 0. The molecule has 0 radical (unpaired) electrons. The standard InChI is InChI=1S/C20H18F2N2O2S/c21-14-3-4-15(16(22)10-14)18-11-23-19(26-18)5-6-20(25)24-8-1-2-17(24)13-7-9-27-12-13/h3-4,7,9-12,17H,1-2,5-6,8H2. The van der Waals surface area contributed by atoms with Gasteiger partial charge in [-0.2, -0.15) is 11.3 Å². The lowest BCUT2D eigenvalue weighted by atomic mass is 10.1. The Morgan fingerprint density at radius 1 is 1.33 bits per heavy atom. The molecular weight excluding hydrogens is 370 g/mol. The van der Waals surface area contributed by atoms with E-state index in [0.29, 0.717) is 12.3 Å². The second-order valence-electron chi connectivity index (χ2n) is 6.54. The molecule has 0 bridgehead atoms. The van der Waals surface area contributed by atoms with Gasteiger partial charge < -0.3 is 9.32 Å². The molecule has 1 fully saturated rings. The van der Waals surface area contributed by atoms with E-state index in [1.54, 1.807) is 11.3 Å². The van der Waals surface area contributed by atoms with Crippen molar-refractivity contribution in [2.45, 2.75) is 31.7 Å². The van der Waals surface area contributed by atoms with E-state index >= 15 is 0 Å². The van der Waals surface area contributed by atoms with E-state index in [0.717, 1.165) is 25.5 Å². The quantitative estimate of drug-likeness (QED) is 0.619. The van der Waals surface area contributed by atoms with Crippen LogP contribution in [0.5, 0.6) is 0 Å². The molecule has 140 valence electrons. The second-order valence-corrected chi connectivity index (χ2v) is 7.32. The molecule has 2 aromatic heterocycles. The molecule has 1 unspecified atom stereocenters. The molecule has 1 amide bonds. The van der Waals surface area contributed by atoms with Crippen LogP contribution in [0.1, 0.15) is 36.8 Å². The van der Waals surface area contributed by atoms with Crippen LogP contribution in [0.15, 0.2) is 45.6 Å². The summed E-state index contributed by atoms with van der Waals surface area (Å²) in [5.41, 5.74) is 1.34. The first-order chi connectivity index (χ1) is 13.1. The molecule has 7 heteroatoms. The van der Waals surface area contributed by atoms with Crippen molar-refractivity contribution in [1.29, 1.82) is 0 Å². The van der Waals surface area contributed by atoms with Gasteiger partial charge in [-0.25, -0.2) is 13.8 Å². The fourth-order valence-corrected chi connectivity index (χ4v) is 4.18. The van der Waals surface area contributed by atoms with Gasteiger partial charge in [-0.05, 0) is 47.4 Å². The van der Waals surface area contributed by atoms with Crippen molar-refractivity contribution in [2.24, 2.45) is 0 Å². The zero-order valence-corrected chi connectivity index (χ0v) is 15.3. The van der Waals surface area contributed by atoms with Crippen molar-refractivity contribution in [1.82, 2.24) is 9.88 Å². The maximum atomic E-state index is 13.9. The van der Waals surface area contributed by atoms with Crippen LogP contribution in [0.2, 0.25) is 0 Å². The third-order valence-corrected chi connectivity index (χ3v) is 5.51. The summed E-state index contributed by atoms with van der Waals surface area (Å²) in [5, 5.41) is 4.12. The first-order valence-corrected chi connectivity index (χ1v) is 9.78. The lowest BCUT2D eigenvalue weighted by molar-refractivity contribution is -0.132. The Bertz CT molecular complexity index is 939. The fourth-order valence-electron chi connectivity index (χ4n) is 3.47. The molecule has 1 aliphatic heterocycles. The third-order valence-electron chi connectivity index (χ3n) is 4.80. The Morgan fingerprint density at radius 3 is 3.00 bits per heavy atom. The Balaban J connectivity index is 1.40. The number of oxazole rings is 1. The molecule has 1 aliphatic rings. The van der Waals surface area contributed by atoms with Crippen LogP contribution in [0.25, 0.3) is 11.3 Å². The van der Waals surface area contributed by atoms with E-state index in [1.807, 2.05) is 10.3 Å². The highest BCUT2D eigenvalue weighted by Crippen LogP contribution is 2.33. The van der Waals surface area contributed by atoms with Gasteiger partial charge in [-0.3, -0.25) is 4.79 Å². The minimum atomic E-state index is -0.704. The topological polar surface area (TPSA) is 46.3 Å². The number of likely N-dealkylation sites (tertiary alicyclic amines) is 1. The third kappa shape index (κ3) is 3.78. The summed E-state index contributed by atoms with van der Waals surface area (Å²) in [6.45, 7) is 0.761. The van der Waals surface area contributed by atoms with Gasteiger partial charge in [-0.15, -0.1) is 0 Å². The number of aromatic nitrogens is 1. The summed E-state index contributed by atoms with van der Waals surface area (Å²) < 4.78 is 32.4. The van der Waals surface area contributed by atoms with Gasteiger partial charge in [0.05, 0.1) is 17.8 Å². The van der Waals surface area contributed by atoms with Crippen LogP contribution in [0.3, 0.4) is 0 Å². The van der Waals surface area contributed by atoms with Crippen LogP contribution in [0, 0.1) is 11.6 Å². The predicted octanol–water partition coefficient (Wildman–Crippen LogP) is 4.98. The minimum Gasteiger partial charge on any atom is -0.441 e. The number of halogens is 2. The predicted molar refractivity (Wildman–Crippen MR) is 98.2 cm³/mol. The monoisotopic (exact) mass is 388 g/mol. The van der Waals surface area contributed by atoms with Gasteiger partial charge in [-0.1, -0.05) is 0 Å². The van der Waals surface area contributed by atoms with Gasteiger partial charge >= 0.3 is 0 Å². The smallest absolute Gasteiger partial charge is 0.223 e. The molecule has 1 saturated heterocycles. The molecule has 1 atom stereocenters. The van der Waals surface area contributed by atoms with Crippen LogP contribution in [-0.2, 0) is 11.2 Å². The van der Waals surface area contributed by atoms with E-state index in [9.17, 15) is 13.6 Å². The van der Waals surface area contributed by atoms with Crippen molar-refractivity contribution in [3.63, 3.8) is 0 Å². The van der Waals surface area contributed by atoms with Crippen molar-refractivity contribution in [3.8, 4) is 11.3 Å². The number of carbonyl (C=O) groups excluding carboxylic acids is 1. The molecule has 3 aromatic rings. The highest BCUT2D eigenvalue weighted by Gasteiger charge is 2.30. The number of hydrogen-bond donors (Lipinski definition) is 0. The Hall–Kier alpha value is -2.54. The number of thiophene rings is 1. The maximum Gasteiger partial charge on any atom is 0.223 e. The average molecular weight is 388 g/mol. The Kier molecular flexibility index (Phi) is 5.03. The molecule has 0 aliphatic carbocycles. The van der Waals surface area contributed by atoms with E-state index in [4.69, 9.17) is 4.42 Å². The van der Waals surface area contributed by atoms with Crippen LogP contribution in [0.4, 0.5) is 8.78 Å². The molecule has 0 spiro atoms. The Morgan fingerprint density at radius 2 is 2.22 bits per heavy atom. The summed E-state index contributed by atoms with van der Waals surface area (Å²) in [6, 6.07) is 5.51. The molecule has 0 saturated carbocycles. The molecule has 3 heterocycles. The van der Waals surface area contributed by atoms with Crippen molar-refractivity contribution < 1.29 is 18.0 Å². The van der Waals surface area contributed by atoms with Crippen molar-refractivity contribution in [3.05, 3.63) is 64.3 Å². The number of nitrogens with zero attached hydrogens (tertiary/aromatic N) is 2. The molecular formula is C20H18F2N2O2S. The SMILES string of the molecule is O=C(CCc1ncc(-c2ccc(F)cc2F)o1)N1CCCC1c1ccsc1. The Labute approximate surface area is 159 Å². The molecule has 4 nitrogen and oxygen atoms in total. The van der Waals surface area contributed by atoms with E-state index in [2.05, 4.69) is 16.4 Å².